The molecule has 0 saturated heterocycles. The molecule has 0 spiro atoms. The number of carbonyl (C=O) groups excluding carboxylic acids is 1. The van der Waals surface area contributed by atoms with Crippen molar-refractivity contribution in [2.24, 2.45) is 0 Å². The fourth-order valence-electron chi connectivity index (χ4n) is 3.14. The zero-order valence-corrected chi connectivity index (χ0v) is 17.0. The summed E-state index contributed by atoms with van der Waals surface area (Å²) < 4.78 is 12.9. The molecule has 0 aliphatic carbocycles. The molecule has 1 amide bonds. The van der Waals surface area contributed by atoms with Gasteiger partial charge in [-0.2, -0.15) is 5.10 Å². The molecule has 0 bridgehead atoms. The van der Waals surface area contributed by atoms with Crippen LogP contribution in [-0.2, 0) is 9.53 Å². The number of anilines is 1. The number of carbonyl (C=O) groups is 1. The third-order valence-electron chi connectivity index (χ3n) is 4.47. The number of benzene rings is 1. The van der Waals surface area contributed by atoms with E-state index in [4.69, 9.17) is 9.47 Å². The number of aryl methyl sites for hydroxylation is 2. The van der Waals surface area contributed by atoms with Crippen LogP contribution in [0.5, 0.6) is 5.75 Å². The highest BCUT2D eigenvalue weighted by molar-refractivity contribution is 5.90. The van der Waals surface area contributed by atoms with Crippen molar-refractivity contribution in [3.63, 3.8) is 0 Å². The lowest BCUT2D eigenvalue weighted by Gasteiger charge is -2.11. The molecule has 1 aliphatic heterocycles. The summed E-state index contributed by atoms with van der Waals surface area (Å²) in [4.78, 5) is 21.5. The van der Waals surface area contributed by atoms with E-state index >= 15 is 0 Å². The van der Waals surface area contributed by atoms with Crippen LogP contribution in [0.3, 0.4) is 0 Å². The smallest absolute Gasteiger partial charge is 0.228 e. The normalized spacial score (nSPS) is 12.9. The molecule has 8 heteroatoms. The van der Waals surface area contributed by atoms with Crippen molar-refractivity contribution in [1.82, 2.24) is 19.7 Å². The second-order valence-corrected chi connectivity index (χ2v) is 6.94. The minimum absolute atomic E-state index is 0.197. The lowest BCUT2D eigenvalue weighted by atomic mass is 10.3. The first-order valence-electron chi connectivity index (χ1n) is 9.82. The van der Waals surface area contributed by atoms with Gasteiger partial charge in [-0.05, 0) is 38.1 Å². The van der Waals surface area contributed by atoms with E-state index < -0.39 is 0 Å². The van der Waals surface area contributed by atoms with Crippen LogP contribution < -0.4 is 10.1 Å². The predicted octanol–water partition coefficient (Wildman–Crippen LogP) is 3.45. The fraction of sp³-hybridized carbons (Fsp3) is 0.273. The van der Waals surface area contributed by atoms with Gasteiger partial charge in [0.05, 0.1) is 25.3 Å². The molecule has 1 aromatic carbocycles. The third kappa shape index (κ3) is 4.65. The molecule has 0 atom stereocenters. The second-order valence-electron chi connectivity index (χ2n) is 6.94. The number of nitrogens with zero attached hydrogens (tertiary/aromatic N) is 4. The van der Waals surface area contributed by atoms with Crippen LogP contribution in [0.4, 0.5) is 5.82 Å². The summed E-state index contributed by atoms with van der Waals surface area (Å²) in [5, 5.41) is 7.32. The van der Waals surface area contributed by atoms with Crippen LogP contribution in [-0.4, -0.2) is 38.9 Å². The van der Waals surface area contributed by atoms with Crippen LogP contribution in [0.15, 0.2) is 48.5 Å². The molecular weight excluding hydrogens is 382 g/mol. The highest BCUT2D eigenvalue weighted by Gasteiger charge is 2.17. The predicted molar refractivity (Wildman–Crippen MR) is 112 cm³/mol. The summed E-state index contributed by atoms with van der Waals surface area (Å²) in [5.74, 6) is 2.53. The van der Waals surface area contributed by atoms with Crippen molar-refractivity contribution in [3.05, 3.63) is 65.8 Å². The number of hydrogen-bond donors (Lipinski definition) is 1. The zero-order valence-electron chi connectivity index (χ0n) is 17.0. The lowest BCUT2D eigenvalue weighted by molar-refractivity contribution is -0.116. The first-order chi connectivity index (χ1) is 14.6. The van der Waals surface area contributed by atoms with E-state index in [0.29, 0.717) is 29.8 Å². The highest BCUT2D eigenvalue weighted by Crippen LogP contribution is 2.22. The van der Waals surface area contributed by atoms with E-state index in [-0.39, 0.29) is 18.9 Å². The Morgan fingerprint density at radius 2 is 2.03 bits per heavy atom. The Bertz CT molecular complexity index is 1080. The minimum Gasteiger partial charge on any atom is -0.493 e. The number of amides is 1. The van der Waals surface area contributed by atoms with E-state index in [1.54, 1.807) is 10.7 Å². The van der Waals surface area contributed by atoms with Gasteiger partial charge in [0.15, 0.2) is 17.4 Å². The number of para-hydroxylation sites is 1. The standard InChI is InChI=1S/C22H23N5O3/c1-15-13-16(2)27(26-15)20-14-19(24-22(25-20)18-9-6-11-30-18)23-21(28)10-12-29-17-7-4-3-5-8-17/h3-5,7-9,13-14H,6,10-12H2,1-2H3,(H,23,24,25,28). The summed E-state index contributed by atoms with van der Waals surface area (Å²) in [7, 11) is 0. The van der Waals surface area contributed by atoms with E-state index in [9.17, 15) is 4.79 Å². The summed E-state index contributed by atoms with van der Waals surface area (Å²) in [6.07, 6.45) is 2.95. The largest absolute Gasteiger partial charge is 0.493 e. The first kappa shape index (κ1) is 19.6. The maximum atomic E-state index is 12.4. The highest BCUT2D eigenvalue weighted by atomic mass is 16.5. The van der Waals surface area contributed by atoms with Crippen molar-refractivity contribution in [1.29, 1.82) is 0 Å². The average Bonchev–Trinajstić information content (AvgIpc) is 3.38. The van der Waals surface area contributed by atoms with Gasteiger partial charge in [0.25, 0.3) is 0 Å². The van der Waals surface area contributed by atoms with Crippen molar-refractivity contribution >= 4 is 17.5 Å². The van der Waals surface area contributed by atoms with Gasteiger partial charge in [0.2, 0.25) is 5.91 Å². The van der Waals surface area contributed by atoms with Crippen molar-refractivity contribution < 1.29 is 14.3 Å². The zero-order chi connectivity index (χ0) is 20.9. The molecule has 3 aromatic rings. The Kier molecular flexibility index (Phi) is 5.74. The van der Waals surface area contributed by atoms with Gasteiger partial charge < -0.3 is 14.8 Å². The van der Waals surface area contributed by atoms with Gasteiger partial charge in [-0.1, -0.05) is 18.2 Å². The van der Waals surface area contributed by atoms with E-state index in [1.165, 1.54) is 0 Å². The number of rotatable bonds is 7. The van der Waals surface area contributed by atoms with Crippen molar-refractivity contribution in [2.75, 3.05) is 18.5 Å². The van der Waals surface area contributed by atoms with Crippen molar-refractivity contribution in [2.45, 2.75) is 26.7 Å². The van der Waals surface area contributed by atoms with Crippen LogP contribution in [0, 0.1) is 13.8 Å². The van der Waals surface area contributed by atoms with Gasteiger partial charge in [0, 0.05) is 18.2 Å². The monoisotopic (exact) mass is 405 g/mol. The van der Waals surface area contributed by atoms with Gasteiger partial charge in [0.1, 0.15) is 11.6 Å². The van der Waals surface area contributed by atoms with Crippen LogP contribution >= 0.6 is 0 Å². The quantitative estimate of drug-likeness (QED) is 0.647. The molecule has 4 rings (SSSR count). The molecule has 0 fully saturated rings. The van der Waals surface area contributed by atoms with Crippen LogP contribution in [0.1, 0.15) is 30.1 Å². The number of nitrogens with one attached hydrogen (secondary N) is 1. The number of hydrogen-bond acceptors (Lipinski definition) is 6. The van der Waals surface area contributed by atoms with Crippen molar-refractivity contribution in [3.8, 4) is 11.6 Å². The maximum absolute atomic E-state index is 12.4. The molecule has 0 saturated carbocycles. The summed E-state index contributed by atoms with van der Waals surface area (Å²) in [6, 6.07) is 13.1. The first-order valence-corrected chi connectivity index (χ1v) is 9.82. The van der Waals surface area contributed by atoms with Gasteiger partial charge in [-0.25, -0.2) is 14.6 Å². The molecule has 3 heterocycles. The SMILES string of the molecule is Cc1cc(C)n(-c2cc(NC(=O)CCOc3ccccc3)nc(C3=CCCO3)n2)n1. The topological polar surface area (TPSA) is 91.2 Å². The van der Waals surface area contributed by atoms with Gasteiger partial charge in [-0.3, -0.25) is 4.79 Å². The minimum atomic E-state index is -0.198. The summed E-state index contributed by atoms with van der Waals surface area (Å²) >= 11 is 0. The van der Waals surface area contributed by atoms with Gasteiger partial charge >= 0.3 is 0 Å². The molecule has 2 aromatic heterocycles. The number of aromatic nitrogens is 4. The van der Waals surface area contributed by atoms with Gasteiger partial charge in [-0.15, -0.1) is 0 Å². The molecule has 8 nitrogen and oxygen atoms in total. The second kappa shape index (κ2) is 8.77. The maximum Gasteiger partial charge on any atom is 0.228 e. The molecular formula is C22H23N5O3. The average molecular weight is 405 g/mol. The van der Waals surface area contributed by atoms with Crippen LogP contribution in [0.2, 0.25) is 0 Å². The van der Waals surface area contributed by atoms with E-state index in [1.807, 2.05) is 56.3 Å². The van der Waals surface area contributed by atoms with E-state index in [2.05, 4.69) is 20.4 Å². The number of ether oxygens (including phenoxy) is 2. The molecule has 0 radical (unpaired) electrons. The summed E-state index contributed by atoms with van der Waals surface area (Å²) in [5.41, 5.74) is 1.82. The molecule has 1 aliphatic rings. The third-order valence-corrected chi connectivity index (χ3v) is 4.47. The Morgan fingerprint density at radius 3 is 2.73 bits per heavy atom. The molecule has 0 unspecified atom stereocenters. The summed E-state index contributed by atoms with van der Waals surface area (Å²) in [6.45, 7) is 4.74. The molecule has 1 N–H and O–H groups in total. The molecule has 154 valence electrons. The lowest BCUT2D eigenvalue weighted by Crippen LogP contribution is -2.17. The Hall–Kier alpha value is -3.68. The van der Waals surface area contributed by atoms with Crippen LogP contribution in [0.25, 0.3) is 11.6 Å². The fourth-order valence-corrected chi connectivity index (χ4v) is 3.14. The Morgan fingerprint density at radius 1 is 1.20 bits per heavy atom. The Labute approximate surface area is 174 Å². The molecule has 30 heavy (non-hydrogen) atoms. The van der Waals surface area contributed by atoms with E-state index in [0.717, 1.165) is 23.6 Å². The Balaban J connectivity index is 1.51.